The maximum atomic E-state index is 12.0. The molecular weight excluding hydrogens is 222 g/mol. The Morgan fingerprint density at radius 2 is 2.47 bits per heavy atom. The fourth-order valence-corrected chi connectivity index (χ4v) is 2.10. The van der Waals surface area contributed by atoms with Crippen LogP contribution in [0.25, 0.3) is 0 Å². The van der Waals surface area contributed by atoms with Gasteiger partial charge in [-0.1, -0.05) is 5.16 Å². The van der Waals surface area contributed by atoms with Crippen LogP contribution in [-0.4, -0.2) is 45.8 Å². The van der Waals surface area contributed by atoms with Crippen molar-refractivity contribution < 1.29 is 14.4 Å². The Hall–Kier alpha value is -1.43. The van der Waals surface area contributed by atoms with E-state index < -0.39 is 0 Å². The normalized spacial score (nSPS) is 20.6. The summed E-state index contributed by atoms with van der Waals surface area (Å²) >= 11 is 0. The molecule has 1 aliphatic heterocycles. The molecule has 17 heavy (non-hydrogen) atoms. The Balaban J connectivity index is 1.91. The molecule has 0 spiro atoms. The van der Waals surface area contributed by atoms with Crippen LogP contribution in [0.3, 0.4) is 0 Å². The van der Waals surface area contributed by atoms with Gasteiger partial charge in [-0.3, -0.25) is 4.79 Å². The first-order chi connectivity index (χ1) is 8.19. The molecule has 0 saturated carbocycles. The molecule has 1 aromatic rings. The van der Waals surface area contributed by atoms with Crippen LogP contribution in [-0.2, 0) is 11.2 Å². The van der Waals surface area contributed by atoms with Gasteiger partial charge in [0, 0.05) is 26.6 Å². The van der Waals surface area contributed by atoms with Gasteiger partial charge in [0.05, 0.1) is 6.42 Å². The molecule has 2 heterocycles. The second-order valence-corrected chi connectivity index (χ2v) is 4.44. The maximum Gasteiger partial charge on any atom is 0.230 e. The van der Waals surface area contributed by atoms with E-state index >= 15 is 0 Å². The number of carbonyl (C=O) groups excluding carboxylic acids is 1. The van der Waals surface area contributed by atoms with Crippen molar-refractivity contribution in [1.82, 2.24) is 15.0 Å². The molecule has 2 rings (SSSR count). The summed E-state index contributed by atoms with van der Waals surface area (Å²) in [5, 5.41) is 12.8. The predicted octanol–water partition coefficient (Wildman–Crippen LogP) is 0.151. The van der Waals surface area contributed by atoms with Gasteiger partial charge in [0.2, 0.25) is 11.8 Å². The zero-order valence-electron chi connectivity index (χ0n) is 9.93. The molecule has 1 fully saturated rings. The summed E-state index contributed by atoms with van der Waals surface area (Å²) in [5.41, 5.74) is 0. The van der Waals surface area contributed by atoms with E-state index in [0.29, 0.717) is 18.3 Å². The van der Waals surface area contributed by atoms with Crippen LogP contribution in [0.4, 0.5) is 0 Å². The van der Waals surface area contributed by atoms with E-state index in [1.165, 1.54) is 0 Å². The molecule has 94 valence electrons. The van der Waals surface area contributed by atoms with Crippen molar-refractivity contribution in [2.24, 2.45) is 5.92 Å². The van der Waals surface area contributed by atoms with Crippen molar-refractivity contribution in [3.8, 4) is 0 Å². The molecular formula is C11H17N3O3. The third kappa shape index (κ3) is 3.03. The Labute approximate surface area is 99.6 Å². The summed E-state index contributed by atoms with van der Waals surface area (Å²) in [4.78, 5) is 17.7. The molecule has 0 aromatic carbocycles. The molecule has 1 aromatic heterocycles. The Bertz CT molecular complexity index is 391. The van der Waals surface area contributed by atoms with Crippen LogP contribution < -0.4 is 0 Å². The van der Waals surface area contributed by atoms with E-state index in [1.807, 2.05) is 0 Å². The molecule has 6 nitrogen and oxygen atoms in total. The molecule has 1 atom stereocenters. The smallest absolute Gasteiger partial charge is 0.230 e. The van der Waals surface area contributed by atoms with Crippen LogP contribution in [0.1, 0.15) is 24.6 Å². The van der Waals surface area contributed by atoms with Crippen molar-refractivity contribution in [1.29, 1.82) is 0 Å². The predicted molar refractivity (Wildman–Crippen MR) is 59.1 cm³/mol. The van der Waals surface area contributed by atoms with Gasteiger partial charge in [-0.15, -0.1) is 0 Å². The summed E-state index contributed by atoms with van der Waals surface area (Å²) in [6.07, 6.45) is 2.11. The number of aromatic nitrogens is 2. The zero-order chi connectivity index (χ0) is 12.3. The van der Waals surface area contributed by atoms with E-state index in [1.54, 1.807) is 11.8 Å². The van der Waals surface area contributed by atoms with Gasteiger partial charge >= 0.3 is 0 Å². The molecule has 0 aliphatic carbocycles. The summed E-state index contributed by atoms with van der Waals surface area (Å²) in [5.74, 6) is 1.11. The number of aliphatic hydroxyl groups excluding tert-OH is 1. The number of rotatable bonds is 3. The highest BCUT2D eigenvalue weighted by Gasteiger charge is 2.24. The molecule has 1 unspecified atom stereocenters. The van der Waals surface area contributed by atoms with E-state index in [-0.39, 0.29) is 24.9 Å². The third-order valence-corrected chi connectivity index (χ3v) is 3.01. The summed E-state index contributed by atoms with van der Waals surface area (Å²) in [7, 11) is 0. The topological polar surface area (TPSA) is 79.5 Å². The lowest BCUT2D eigenvalue weighted by atomic mass is 9.99. The summed E-state index contributed by atoms with van der Waals surface area (Å²) in [6, 6.07) is 0. The first-order valence-corrected chi connectivity index (χ1v) is 5.87. The van der Waals surface area contributed by atoms with Gasteiger partial charge in [0.1, 0.15) is 0 Å². The van der Waals surface area contributed by atoms with Crippen LogP contribution in [0.2, 0.25) is 0 Å². The number of hydrogen-bond acceptors (Lipinski definition) is 5. The minimum absolute atomic E-state index is 0.00366. The molecule has 1 amide bonds. The summed E-state index contributed by atoms with van der Waals surface area (Å²) in [6.45, 7) is 3.23. The first-order valence-electron chi connectivity index (χ1n) is 5.87. The van der Waals surface area contributed by atoms with Gasteiger partial charge in [-0.05, 0) is 18.8 Å². The third-order valence-electron chi connectivity index (χ3n) is 3.01. The summed E-state index contributed by atoms with van der Waals surface area (Å²) < 4.78 is 4.82. The Morgan fingerprint density at radius 3 is 3.12 bits per heavy atom. The molecule has 0 radical (unpaired) electrons. The average Bonchev–Trinajstić information content (AvgIpc) is 2.75. The van der Waals surface area contributed by atoms with Crippen molar-refractivity contribution >= 4 is 5.91 Å². The quantitative estimate of drug-likeness (QED) is 0.812. The van der Waals surface area contributed by atoms with Gasteiger partial charge in [-0.25, -0.2) is 0 Å². The second kappa shape index (κ2) is 5.27. The molecule has 1 aliphatic rings. The molecule has 1 N–H and O–H groups in total. The van der Waals surface area contributed by atoms with Crippen molar-refractivity contribution in [2.75, 3.05) is 19.7 Å². The number of nitrogens with zero attached hydrogens (tertiary/aromatic N) is 3. The molecule has 0 bridgehead atoms. The van der Waals surface area contributed by atoms with E-state index in [4.69, 9.17) is 9.63 Å². The van der Waals surface area contributed by atoms with Crippen molar-refractivity contribution in [2.45, 2.75) is 26.2 Å². The first kappa shape index (κ1) is 12.0. The number of likely N-dealkylation sites (tertiary alicyclic amines) is 1. The fourth-order valence-electron chi connectivity index (χ4n) is 2.10. The van der Waals surface area contributed by atoms with Crippen LogP contribution in [0.15, 0.2) is 4.52 Å². The minimum atomic E-state index is 0.00366. The standard InChI is InChI=1S/C11H17N3O3/c1-8-12-10(13-17-8)5-11(16)14-4-2-3-9(6-14)7-15/h9,15H,2-7H2,1H3. The number of aryl methyl sites for hydroxylation is 1. The van der Waals surface area contributed by atoms with Gasteiger partial charge < -0.3 is 14.5 Å². The van der Waals surface area contributed by atoms with Crippen LogP contribution in [0, 0.1) is 12.8 Å². The van der Waals surface area contributed by atoms with Gasteiger partial charge in [-0.2, -0.15) is 4.98 Å². The lowest BCUT2D eigenvalue weighted by Gasteiger charge is -2.31. The largest absolute Gasteiger partial charge is 0.396 e. The SMILES string of the molecule is Cc1nc(CC(=O)N2CCCC(CO)C2)no1. The van der Waals surface area contributed by atoms with Crippen LogP contribution >= 0.6 is 0 Å². The van der Waals surface area contributed by atoms with Crippen molar-refractivity contribution in [3.63, 3.8) is 0 Å². The second-order valence-electron chi connectivity index (χ2n) is 4.44. The monoisotopic (exact) mass is 239 g/mol. The highest BCUT2D eigenvalue weighted by atomic mass is 16.5. The van der Waals surface area contributed by atoms with Gasteiger partial charge in [0.25, 0.3) is 0 Å². The van der Waals surface area contributed by atoms with E-state index in [2.05, 4.69) is 10.1 Å². The number of amides is 1. The minimum Gasteiger partial charge on any atom is -0.396 e. The van der Waals surface area contributed by atoms with Crippen molar-refractivity contribution in [3.05, 3.63) is 11.7 Å². The number of piperidine rings is 1. The van der Waals surface area contributed by atoms with E-state index in [9.17, 15) is 4.79 Å². The van der Waals surface area contributed by atoms with Gasteiger partial charge in [0.15, 0.2) is 5.82 Å². The maximum absolute atomic E-state index is 12.0. The number of hydrogen-bond donors (Lipinski definition) is 1. The lowest BCUT2D eigenvalue weighted by molar-refractivity contribution is -0.132. The number of aliphatic hydroxyl groups is 1. The van der Waals surface area contributed by atoms with Crippen LogP contribution in [0.5, 0.6) is 0 Å². The average molecular weight is 239 g/mol. The molecule has 1 saturated heterocycles. The number of carbonyl (C=O) groups is 1. The highest BCUT2D eigenvalue weighted by molar-refractivity contribution is 5.78. The fraction of sp³-hybridized carbons (Fsp3) is 0.727. The Kier molecular flexibility index (Phi) is 3.73. The van der Waals surface area contributed by atoms with E-state index in [0.717, 1.165) is 19.4 Å². The zero-order valence-corrected chi connectivity index (χ0v) is 9.93. The highest BCUT2D eigenvalue weighted by Crippen LogP contribution is 2.16. The molecule has 6 heteroatoms. The Morgan fingerprint density at radius 1 is 1.65 bits per heavy atom. The lowest BCUT2D eigenvalue weighted by Crippen LogP contribution is -2.41.